The van der Waals surface area contributed by atoms with Crippen molar-refractivity contribution in [2.75, 3.05) is 6.54 Å². The van der Waals surface area contributed by atoms with Crippen molar-refractivity contribution in [1.29, 1.82) is 0 Å². The lowest BCUT2D eigenvalue weighted by molar-refractivity contribution is -0.146. The fourth-order valence-corrected chi connectivity index (χ4v) is 1.72. The van der Waals surface area contributed by atoms with Crippen molar-refractivity contribution in [3.8, 4) is 0 Å². The maximum absolute atomic E-state index is 13.0. The minimum absolute atomic E-state index is 0.263. The molecule has 0 saturated carbocycles. The smallest absolute Gasteiger partial charge is 0.315 e. The molecule has 106 valence electrons. The van der Waals surface area contributed by atoms with Crippen LogP contribution in [-0.4, -0.2) is 33.5 Å². The average Bonchev–Trinajstić information content (AvgIpc) is 2.79. The second-order valence-corrected chi connectivity index (χ2v) is 4.45. The summed E-state index contributed by atoms with van der Waals surface area (Å²) in [5.41, 5.74) is 1.23. The van der Waals surface area contributed by atoms with E-state index in [1.165, 1.54) is 19.1 Å². The van der Waals surface area contributed by atoms with Crippen LogP contribution >= 0.6 is 0 Å². The number of aliphatic carboxylic acids is 1. The summed E-state index contributed by atoms with van der Waals surface area (Å²) in [6, 6.07) is 4.23. The molecule has 1 amide bonds. The van der Waals surface area contributed by atoms with E-state index in [1.54, 1.807) is 6.07 Å². The Bertz CT molecular complexity index is 653. The molecule has 7 heteroatoms. The van der Waals surface area contributed by atoms with Crippen LogP contribution in [0.15, 0.2) is 18.2 Å². The lowest BCUT2D eigenvalue weighted by Crippen LogP contribution is -2.34. The molecule has 1 atom stereocenters. The summed E-state index contributed by atoms with van der Waals surface area (Å²) in [5.74, 6) is -2.54. The lowest BCUT2D eigenvalue weighted by Gasteiger charge is -2.06. The molecular weight excluding hydrogens is 265 g/mol. The molecule has 0 bridgehead atoms. The summed E-state index contributed by atoms with van der Waals surface area (Å²) in [4.78, 5) is 29.2. The van der Waals surface area contributed by atoms with Gasteiger partial charge in [-0.2, -0.15) is 0 Å². The number of halogens is 1. The van der Waals surface area contributed by atoms with Gasteiger partial charge >= 0.3 is 5.97 Å². The first-order chi connectivity index (χ1) is 9.47. The highest BCUT2D eigenvalue weighted by molar-refractivity contribution is 5.96. The number of carbonyl (C=O) groups excluding carboxylic acids is 1. The number of fused-ring (bicyclic) bond motifs is 1. The normalized spacial score (nSPS) is 12.3. The summed E-state index contributed by atoms with van der Waals surface area (Å²) >= 11 is 0. The quantitative estimate of drug-likeness (QED) is 0.714. The Balaban J connectivity index is 1.93. The minimum atomic E-state index is -1.17. The largest absolute Gasteiger partial charge is 0.481 e. The number of hydrogen-bond donors (Lipinski definition) is 3. The minimum Gasteiger partial charge on any atom is -0.481 e. The molecule has 1 heterocycles. The van der Waals surface area contributed by atoms with E-state index in [0.29, 0.717) is 23.3 Å². The third kappa shape index (κ3) is 3.11. The number of hydrogen-bond acceptors (Lipinski definition) is 3. The van der Waals surface area contributed by atoms with Crippen LogP contribution in [0, 0.1) is 11.7 Å². The van der Waals surface area contributed by atoms with Crippen LogP contribution < -0.4 is 5.32 Å². The summed E-state index contributed by atoms with van der Waals surface area (Å²) in [6.07, 6.45) is 0.411. The van der Waals surface area contributed by atoms with Crippen LogP contribution in [0.5, 0.6) is 0 Å². The van der Waals surface area contributed by atoms with Gasteiger partial charge in [0.15, 0.2) is 0 Å². The summed E-state index contributed by atoms with van der Waals surface area (Å²) in [7, 11) is 0. The number of aromatic amines is 1. The number of carbonyl (C=O) groups is 2. The van der Waals surface area contributed by atoms with Crippen molar-refractivity contribution in [2.24, 2.45) is 5.92 Å². The Kier molecular flexibility index (Phi) is 3.97. The second-order valence-electron chi connectivity index (χ2n) is 4.45. The molecule has 0 aliphatic carbocycles. The number of nitrogens with one attached hydrogen (secondary N) is 2. The van der Waals surface area contributed by atoms with E-state index in [2.05, 4.69) is 15.3 Å². The van der Waals surface area contributed by atoms with E-state index in [9.17, 15) is 14.0 Å². The number of carboxylic acid groups (broad SMARTS) is 1. The van der Waals surface area contributed by atoms with Crippen molar-refractivity contribution < 1.29 is 19.1 Å². The SMILES string of the molecule is CC(C(=O)O)C(=O)NCCc1nc2ccc(F)cc2[nH]1. The van der Waals surface area contributed by atoms with Crippen molar-refractivity contribution >= 4 is 22.9 Å². The van der Waals surface area contributed by atoms with Gasteiger partial charge in [-0.05, 0) is 25.1 Å². The lowest BCUT2D eigenvalue weighted by atomic mass is 10.2. The monoisotopic (exact) mass is 279 g/mol. The van der Waals surface area contributed by atoms with Gasteiger partial charge in [0, 0.05) is 13.0 Å². The Labute approximate surface area is 114 Å². The van der Waals surface area contributed by atoms with Gasteiger partial charge in [0.25, 0.3) is 0 Å². The van der Waals surface area contributed by atoms with Crippen LogP contribution in [-0.2, 0) is 16.0 Å². The van der Waals surface area contributed by atoms with Crippen molar-refractivity contribution in [3.63, 3.8) is 0 Å². The molecule has 20 heavy (non-hydrogen) atoms. The van der Waals surface area contributed by atoms with Crippen molar-refractivity contribution in [3.05, 3.63) is 29.8 Å². The summed E-state index contributed by atoms with van der Waals surface area (Å²) < 4.78 is 13.0. The molecule has 3 N–H and O–H groups in total. The zero-order chi connectivity index (χ0) is 14.7. The predicted molar refractivity (Wildman–Crippen MR) is 69.6 cm³/mol. The van der Waals surface area contributed by atoms with Gasteiger partial charge in [0.2, 0.25) is 5.91 Å². The fourth-order valence-electron chi connectivity index (χ4n) is 1.72. The van der Waals surface area contributed by atoms with Gasteiger partial charge in [-0.3, -0.25) is 9.59 Å². The van der Waals surface area contributed by atoms with Crippen LogP contribution in [0.4, 0.5) is 4.39 Å². The first-order valence-electron chi connectivity index (χ1n) is 6.12. The zero-order valence-electron chi connectivity index (χ0n) is 10.8. The molecule has 0 radical (unpaired) electrons. The number of benzene rings is 1. The van der Waals surface area contributed by atoms with Gasteiger partial charge in [-0.25, -0.2) is 9.37 Å². The van der Waals surface area contributed by atoms with Gasteiger partial charge in [0.05, 0.1) is 11.0 Å². The molecule has 1 aromatic carbocycles. The molecule has 0 aliphatic heterocycles. The molecular formula is C13H14FN3O3. The number of imidazole rings is 1. The maximum atomic E-state index is 13.0. The van der Waals surface area contributed by atoms with E-state index < -0.39 is 17.8 Å². The first kappa shape index (κ1) is 14.0. The highest BCUT2D eigenvalue weighted by Gasteiger charge is 2.19. The van der Waals surface area contributed by atoms with Gasteiger partial charge in [0.1, 0.15) is 17.6 Å². The van der Waals surface area contributed by atoms with E-state index in [0.717, 1.165) is 0 Å². The molecule has 0 saturated heterocycles. The number of carboxylic acids is 1. The van der Waals surface area contributed by atoms with Gasteiger partial charge < -0.3 is 15.4 Å². The molecule has 2 aromatic rings. The number of nitrogens with zero attached hydrogens (tertiary/aromatic N) is 1. The summed E-state index contributed by atoms with van der Waals surface area (Å²) in [6.45, 7) is 1.58. The van der Waals surface area contributed by atoms with Crippen molar-refractivity contribution in [1.82, 2.24) is 15.3 Å². The highest BCUT2D eigenvalue weighted by Crippen LogP contribution is 2.12. The van der Waals surface area contributed by atoms with E-state index >= 15 is 0 Å². The fraction of sp³-hybridized carbons (Fsp3) is 0.308. The first-order valence-corrected chi connectivity index (χ1v) is 6.12. The van der Waals surface area contributed by atoms with E-state index in [4.69, 9.17) is 5.11 Å². The van der Waals surface area contributed by atoms with Crippen LogP contribution in [0.25, 0.3) is 11.0 Å². The summed E-state index contributed by atoms with van der Waals surface area (Å²) in [5, 5.41) is 11.2. The number of amides is 1. The molecule has 1 aromatic heterocycles. The predicted octanol–water partition coefficient (Wildman–Crippen LogP) is 1.08. The Morgan fingerprint density at radius 3 is 2.95 bits per heavy atom. The molecule has 0 aliphatic rings. The molecule has 0 spiro atoms. The number of H-pyrrole nitrogens is 1. The molecule has 6 nitrogen and oxygen atoms in total. The Morgan fingerprint density at radius 2 is 2.25 bits per heavy atom. The van der Waals surface area contributed by atoms with Crippen molar-refractivity contribution in [2.45, 2.75) is 13.3 Å². The van der Waals surface area contributed by atoms with Crippen LogP contribution in [0.2, 0.25) is 0 Å². The van der Waals surface area contributed by atoms with E-state index in [1.807, 2.05) is 0 Å². The number of rotatable bonds is 5. The van der Waals surface area contributed by atoms with Gasteiger partial charge in [-0.1, -0.05) is 0 Å². The van der Waals surface area contributed by atoms with Crippen LogP contribution in [0.3, 0.4) is 0 Å². The zero-order valence-corrected chi connectivity index (χ0v) is 10.8. The maximum Gasteiger partial charge on any atom is 0.315 e. The van der Waals surface area contributed by atoms with Crippen LogP contribution in [0.1, 0.15) is 12.7 Å². The second kappa shape index (κ2) is 5.68. The molecule has 2 rings (SSSR count). The highest BCUT2D eigenvalue weighted by atomic mass is 19.1. The third-order valence-electron chi connectivity index (χ3n) is 2.92. The van der Waals surface area contributed by atoms with Gasteiger partial charge in [-0.15, -0.1) is 0 Å². The third-order valence-corrected chi connectivity index (χ3v) is 2.92. The average molecular weight is 279 g/mol. The Hall–Kier alpha value is -2.44. The topological polar surface area (TPSA) is 95.1 Å². The Morgan fingerprint density at radius 1 is 1.50 bits per heavy atom. The number of aromatic nitrogens is 2. The standard InChI is InChI=1S/C13H14FN3O3/c1-7(13(19)20)12(18)15-5-4-11-16-9-3-2-8(14)6-10(9)17-11/h2-3,6-7H,4-5H2,1H3,(H,15,18)(H,16,17)(H,19,20). The van der Waals surface area contributed by atoms with E-state index in [-0.39, 0.29) is 12.4 Å². The molecule has 1 unspecified atom stereocenters. The molecule has 0 fully saturated rings.